The number of hydrogen-bond acceptors (Lipinski definition) is 3. The summed E-state index contributed by atoms with van der Waals surface area (Å²) < 4.78 is 0. The minimum Gasteiger partial charge on any atom is -0.354 e. The molecule has 0 saturated heterocycles. The number of carbonyl (C=O) groups is 2. The van der Waals surface area contributed by atoms with Gasteiger partial charge in [0.15, 0.2) is 0 Å². The van der Waals surface area contributed by atoms with Gasteiger partial charge in [-0.3, -0.25) is 4.79 Å². The lowest BCUT2D eigenvalue weighted by Gasteiger charge is -2.35. The molecule has 3 amide bonds. The SMILES string of the molecule is CN(C)C(=O)NCCNC(=O)CC1(CN)CCCCC1.Cl. The van der Waals surface area contributed by atoms with Crippen LogP contribution in [-0.4, -0.2) is 50.6 Å². The van der Waals surface area contributed by atoms with E-state index in [-0.39, 0.29) is 29.8 Å². The van der Waals surface area contributed by atoms with Crippen LogP contribution in [0.5, 0.6) is 0 Å². The molecule has 124 valence electrons. The molecule has 1 fully saturated rings. The van der Waals surface area contributed by atoms with Gasteiger partial charge in [0.05, 0.1) is 0 Å². The molecule has 1 aliphatic rings. The number of urea groups is 1. The summed E-state index contributed by atoms with van der Waals surface area (Å²) in [5, 5.41) is 5.57. The van der Waals surface area contributed by atoms with Crippen LogP contribution in [0.2, 0.25) is 0 Å². The third kappa shape index (κ3) is 7.00. The quantitative estimate of drug-likeness (QED) is 0.640. The second-order valence-corrected chi connectivity index (χ2v) is 5.92. The maximum absolute atomic E-state index is 12.0. The van der Waals surface area contributed by atoms with Gasteiger partial charge in [0.2, 0.25) is 5.91 Å². The summed E-state index contributed by atoms with van der Waals surface area (Å²) in [5.74, 6) is 0.0384. The van der Waals surface area contributed by atoms with Crippen LogP contribution >= 0.6 is 12.4 Å². The Balaban J connectivity index is 0.00000400. The molecule has 4 N–H and O–H groups in total. The average Bonchev–Trinajstić information content (AvgIpc) is 2.44. The molecule has 1 rings (SSSR count). The van der Waals surface area contributed by atoms with Crippen molar-refractivity contribution in [3.63, 3.8) is 0 Å². The van der Waals surface area contributed by atoms with Gasteiger partial charge in [0.1, 0.15) is 0 Å². The molecular formula is C14H29ClN4O2. The number of nitrogens with one attached hydrogen (secondary N) is 2. The third-order valence-electron chi connectivity index (χ3n) is 4.01. The highest BCUT2D eigenvalue weighted by molar-refractivity contribution is 5.85. The standard InChI is InChI=1S/C14H28N4O2.ClH/c1-18(2)13(20)17-9-8-16-12(19)10-14(11-15)6-4-3-5-7-14;/h3-11,15H2,1-2H3,(H,16,19)(H,17,20);1H. The highest BCUT2D eigenvalue weighted by Gasteiger charge is 2.32. The summed E-state index contributed by atoms with van der Waals surface area (Å²) in [5.41, 5.74) is 5.87. The maximum Gasteiger partial charge on any atom is 0.316 e. The van der Waals surface area contributed by atoms with Gasteiger partial charge in [-0.15, -0.1) is 12.4 Å². The average molecular weight is 321 g/mol. The molecule has 0 aromatic carbocycles. The Hall–Kier alpha value is -1.01. The van der Waals surface area contributed by atoms with Crippen molar-refractivity contribution >= 4 is 24.3 Å². The van der Waals surface area contributed by atoms with Crippen LogP contribution in [0, 0.1) is 5.41 Å². The topological polar surface area (TPSA) is 87.5 Å². The summed E-state index contributed by atoms with van der Waals surface area (Å²) in [7, 11) is 3.37. The summed E-state index contributed by atoms with van der Waals surface area (Å²) in [4.78, 5) is 24.7. The van der Waals surface area contributed by atoms with Gasteiger partial charge in [0.25, 0.3) is 0 Å². The van der Waals surface area contributed by atoms with Crippen molar-refractivity contribution in [1.82, 2.24) is 15.5 Å². The maximum atomic E-state index is 12.0. The second-order valence-electron chi connectivity index (χ2n) is 5.92. The van der Waals surface area contributed by atoms with Crippen LogP contribution in [-0.2, 0) is 4.79 Å². The van der Waals surface area contributed by atoms with Crippen LogP contribution in [0.4, 0.5) is 4.79 Å². The normalized spacial score (nSPS) is 16.5. The van der Waals surface area contributed by atoms with Gasteiger partial charge in [-0.1, -0.05) is 19.3 Å². The molecular weight excluding hydrogens is 292 g/mol. The Morgan fingerprint density at radius 3 is 2.19 bits per heavy atom. The number of hydrogen-bond donors (Lipinski definition) is 3. The number of halogens is 1. The zero-order valence-corrected chi connectivity index (χ0v) is 13.9. The lowest BCUT2D eigenvalue weighted by atomic mass is 9.71. The van der Waals surface area contributed by atoms with Crippen LogP contribution in [0.1, 0.15) is 38.5 Å². The molecule has 21 heavy (non-hydrogen) atoms. The Morgan fingerprint density at radius 2 is 1.67 bits per heavy atom. The predicted octanol–water partition coefficient (Wildman–Crippen LogP) is 1.09. The van der Waals surface area contributed by atoms with Gasteiger partial charge in [-0.2, -0.15) is 0 Å². The first-order valence-corrected chi connectivity index (χ1v) is 7.41. The summed E-state index contributed by atoms with van der Waals surface area (Å²) in [6, 6.07) is -0.148. The lowest BCUT2D eigenvalue weighted by Crippen LogP contribution is -2.42. The highest BCUT2D eigenvalue weighted by atomic mass is 35.5. The van der Waals surface area contributed by atoms with E-state index in [1.807, 2.05) is 0 Å². The fourth-order valence-electron chi connectivity index (χ4n) is 2.69. The summed E-state index contributed by atoms with van der Waals surface area (Å²) in [6.45, 7) is 1.48. The fraction of sp³-hybridized carbons (Fsp3) is 0.857. The van der Waals surface area contributed by atoms with E-state index in [0.29, 0.717) is 26.1 Å². The molecule has 0 aromatic rings. The highest BCUT2D eigenvalue weighted by Crippen LogP contribution is 2.38. The smallest absolute Gasteiger partial charge is 0.316 e. The van der Waals surface area contributed by atoms with Gasteiger partial charge >= 0.3 is 6.03 Å². The van der Waals surface area contributed by atoms with Crippen molar-refractivity contribution in [1.29, 1.82) is 0 Å². The Bertz CT molecular complexity index is 331. The lowest BCUT2D eigenvalue weighted by molar-refractivity contribution is -0.123. The summed E-state index contributed by atoms with van der Waals surface area (Å²) in [6.07, 6.45) is 6.19. The van der Waals surface area contributed by atoms with Gasteiger partial charge in [-0.25, -0.2) is 4.79 Å². The van der Waals surface area contributed by atoms with E-state index >= 15 is 0 Å². The molecule has 0 radical (unpaired) electrons. The first kappa shape index (κ1) is 20.0. The van der Waals surface area contributed by atoms with E-state index in [2.05, 4.69) is 10.6 Å². The minimum atomic E-state index is -0.148. The van der Waals surface area contributed by atoms with Crippen LogP contribution in [0.25, 0.3) is 0 Å². The fourth-order valence-corrected chi connectivity index (χ4v) is 2.69. The van der Waals surface area contributed by atoms with Crippen molar-refractivity contribution in [3.05, 3.63) is 0 Å². The Kier molecular flexibility index (Phi) is 9.37. The molecule has 1 saturated carbocycles. The Labute approximate surface area is 133 Å². The van der Waals surface area contributed by atoms with Crippen LogP contribution in [0.3, 0.4) is 0 Å². The first-order valence-electron chi connectivity index (χ1n) is 7.41. The number of amides is 3. The zero-order chi connectivity index (χ0) is 15.0. The van der Waals surface area contributed by atoms with Crippen molar-refractivity contribution in [2.75, 3.05) is 33.7 Å². The van der Waals surface area contributed by atoms with Crippen molar-refractivity contribution in [2.45, 2.75) is 38.5 Å². The van der Waals surface area contributed by atoms with Gasteiger partial charge in [0, 0.05) is 33.6 Å². The largest absolute Gasteiger partial charge is 0.354 e. The van der Waals surface area contributed by atoms with E-state index in [9.17, 15) is 9.59 Å². The van der Waals surface area contributed by atoms with Gasteiger partial charge < -0.3 is 21.3 Å². The molecule has 0 aliphatic heterocycles. The van der Waals surface area contributed by atoms with E-state index in [1.165, 1.54) is 24.2 Å². The number of nitrogens with two attached hydrogens (primary N) is 1. The molecule has 1 aliphatic carbocycles. The van der Waals surface area contributed by atoms with Crippen molar-refractivity contribution in [2.24, 2.45) is 11.1 Å². The van der Waals surface area contributed by atoms with Crippen molar-refractivity contribution in [3.8, 4) is 0 Å². The molecule has 0 aromatic heterocycles. The molecule has 0 unspecified atom stereocenters. The molecule has 7 heteroatoms. The number of carbonyl (C=O) groups excluding carboxylic acids is 2. The zero-order valence-electron chi connectivity index (χ0n) is 13.1. The Morgan fingerprint density at radius 1 is 1.10 bits per heavy atom. The monoisotopic (exact) mass is 320 g/mol. The predicted molar refractivity (Wildman–Crippen MR) is 86.5 cm³/mol. The van der Waals surface area contributed by atoms with E-state index in [4.69, 9.17) is 5.73 Å². The van der Waals surface area contributed by atoms with Crippen LogP contribution < -0.4 is 16.4 Å². The van der Waals surface area contributed by atoms with E-state index < -0.39 is 0 Å². The number of rotatable bonds is 6. The molecule has 0 atom stereocenters. The van der Waals surface area contributed by atoms with Crippen molar-refractivity contribution < 1.29 is 9.59 Å². The summed E-state index contributed by atoms with van der Waals surface area (Å²) >= 11 is 0. The van der Waals surface area contributed by atoms with Crippen LogP contribution in [0.15, 0.2) is 0 Å². The third-order valence-corrected chi connectivity index (χ3v) is 4.01. The molecule has 0 spiro atoms. The van der Waals surface area contributed by atoms with Gasteiger partial charge in [-0.05, 0) is 24.8 Å². The molecule has 0 heterocycles. The number of nitrogens with zero attached hydrogens (tertiary/aromatic N) is 1. The molecule has 0 bridgehead atoms. The molecule has 6 nitrogen and oxygen atoms in total. The second kappa shape index (κ2) is 9.84. The first-order chi connectivity index (χ1) is 9.49. The van der Waals surface area contributed by atoms with E-state index in [1.54, 1.807) is 14.1 Å². The van der Waals surface area contributed by atoms with E-state index in [0.717, 1.165) is 12.8 Å². The minimum absolute atomic E-state index is 0.